The number of hydrogen-bond acceptors (Lipinski definition) is 6. The minimum Gasteiger partial charge on any atom is -0.480 e. The molecule has 0 saturated carbocycles. The third-order valence-corrected chi connectivity index (χ3v) is 3.55. The van der Waals surface area contributed by atoms with Crippen molar-refractivity contribution in [1.29, 1.82) is 0 Å². The summed E-state index contributed by atoms with van der Waals surface area (Å²) < 4.78 is 0. The van der Waals surface area contributed by atoms with Gasteiger partial charge in [0.2, 0.25) is 17.7 Å². The normalized spacial score (nSPS) is 14.5. The molecule has 3 amide bonds. The van der Waals surface area contributed by atoms with Crippen LogP contribution in [-0.2, 0) is 19.2 Å². The first kappa shape index (κ1) is 23.8. The van der Waals surface area contributed by atoms with Crippen molar-refractivity contribution in [2.75, 3.05) is 13.2 Å². The Labute approximate surface area is 152 Å². The molecule has 0 aliphatic heterocycles. The Kier molecular flexibility index (Phi) is 10.5. The predicted octanol–water partition coefficient (Wildman–Crippen LogP) is -1.82. The molecule has 0 rings (SSSR count). The van der Waals surface area contributed by atoms with E-state index in [1.165, 1.54) is 0 Å². The van der Waals surface area contributed by atoms with Crippen LogP contribution in [0, 0.1) is 11.8 Å². The first-order valence-electron chi connectivity index (χ1n) is 8.46. The van der Waals surface area contributed by atoms with E-state index >= 15 is 0 Å². The summed E-state index contributed by atoms with van der Waals surface area (Å²) in [7, 11) is 0. The van der Waals surface area contributed by atoms with Crippen molar-refractivity contribution in [3.63, 3.8) is 0 Å². The average Bonchev–Trinajstić information content (AvgIpc) is 2.53. The number of aliphatic hydroxyl groups is 1. The van der Waals surface area contributed by atoms with Gasteiger partial charge in [-0.3, -0.25) is 14.4 Å². The van der Waals surface area contributed by atoms with E-state index in [2.05, 4.69) is 16.0 Å². The second-order valence-corrected chi connectivity index (χ2v) is 6.83. The van der Waals surface area contributed by atoms with Gasteiger partial charge >= 0.3 is 5.97 Å². The lowest BCUT2D eigenvalue weighted by molar-refractivity contribution is -0.143. The first-order valence-corrected chi connectivity index (χ1v) is 8.46. The van der Waals surface area contributed by atoms with Crippen molar-refractivity contribution in [2.24, 2.45) is 17.6 Å². The lowest BCUT2D eigenvalue weighted by Crippen LogP contribution is -2.56. The third kappa shape index (κ3) is 8.77. The van der Waals surface area contributed by atoms with Crippen molar-refractivity contribution < 1.29 is 29.4 Å². The standard InChI is InChI=1S/C16H30N4O6/c1-8(2)5-10(17)14(23)18-6-12(22)20-13(9(3)4)15(24)19-11(7-21)16(25)26/h8-11,13,21H,5-7,17H2,1-4H3,(H,18,23)(H,19,24)(H,20,22)(H,25,26). The summed E-state index contributed by atoms with van der Waals surface area (Å²) >= 11 is 0. The van der Waals surface area contributed by atoms with Crippen molar-refractivity contribution in [3.05, 3.63) is 0 Å². The number of rotatable bonds is 11. The van der Waals surface area contributed by atoms with E-state index in [1.807, 2.05) is 13.8 Å². The van der Waals surface area contributed by atoms with E-state index in [1.54, 1.807) is 13.8 Å². The molecule has 10 heteroatoms. The molecular weight excluding hydrogens is 344 g/mol. The van der Waals surface area contributed by atoms with Crippen LogP contribution in [0.3, 0.4) is 0 Å². The molecule has 0 aliphatic carbocycles. The zero-order valence-electron chi connectivity index (χ0n) is 15.6. The highest BCUT2D eigenvalue weighted by Crippen LogP contribution is 2.03. The smallest absolute Gasteiger partial charge is 0.328 e. The van der Waals surface area contributed by atoms with E-state index in [4.69, 9.17) is 15.9 Å². The van der Waals surface area contributed by atoms with Crippen molar-refractivity contribution in [1.82, 2.24) is 16.0 Å². The topological polar surface area (TPSA) is 171 Å². The molecule has 0 heterocycles. The maximum atomic E-state index is 12.2. The van der Waals surface area contributed by atoms with Crippen LogP contribution in [0.5, 0.6) is 0 Å². The molecule has 0 bridgehead atoms. The fraction of sp³-hybridized carbons (Fsp3) is 0.750. The molecule has 0 aromatic rings. The number of hydrogen-bond donors (Lipinski definition) is 6. The molecule has 0 saturated heterocycles. The molecule has 7 N–H and O–H groups in total. The molecule has 0 fully saturated rings. The van der Waals surface area contributed by atoms with Crippen LogP contribution < -0.4 is 21.7 Å². The quantitative estimate of drug-likeness (QED) is 0.247. The van der Waals surface area contributed by atoms with Gasteiger partial charge in [0, 0.05) is 0 Å². The number of carbonyl (C=O) groups is 4. The number of aliphatic carboxylic acids is 1. The van der Waals surface area contributed by atoms with Gasteiger partial charge in [0.25, 0.3) is 0 Å². The van der Waals surface area contributed by atoms with Crippen LogP contribution in [0.25, 0.3) is 0 Å². The molecule has 0 radical (unpaired) electrons. The Morgan fingerprint density at radius 1 is 1.00 bits per heavy atom. The van der Waals surface area contributed by atoms with Crippen LogP contribution in [0.15, 0.2) is 0 Å². The molecule has 26 heavy (non-hydrogen) atoms. The molecule has 0 aromatic heterocycles. The second kappa shape index (κ2) is 11.4. The summed E-state index contributed by atoms with van der Waals surface area (Å²) in [4.78, 5) is 46.8. The van der Waals surface area contributed by atoms with Gasteiger partial charge < -0.3 is 31.9 Å². The Morgan fingerprint density at radius 3 is 2.00 bits per heavy atom. The molecular formula is C16H30N4O6. The molecule has 0 spiro atoms. The van der Waals surface area contributed by atoms with Gasteiger partial charge in [-0.15, -0.1) is 0 Å². The number of nitrogens with one attached hydrogen (secondary N) is 3. The Bertz CT molecular complexity index is 509. The van der Waals surface area contributed by atoms with Gasteiger partial charge in [0.15, 0.2) is 0 Å². The van der Waals surface area contributed by atoms with Crippen LogP contribution >= 0.6 is 0 Å². The Hall–Kier alpha value is -2.20. The number of carboxylic acid groups (broad SMARTS) is 1. The van der Waals surface area contributed by atoms with Crippen molar-refractivity contribution in [2.45, 2.75) is 52.2 Å². The van der Waals surface area contributed by atoms with E-state index in [0.717, 1.165) is 0 Å². The van der Waals surface area contributed by atoms with Crippen molar-refractivity contribution in [3.8, 4) is 0 Å². The zero-order valence-corrected chi connectivity index (χ0v) is 15.6. The van der Waals surface area contributed by atoms with Crippen LogP contribution in [0.1, 0.15) is 34.1 Å². The number of amides is 3. The number of aliphatic hydroxyl groups excluding tert-OH is 1. The summed E-state index contributed by atoms with van der Waals surface area (Å²) in [6.45, 7) is 6.03. The zero-order chi connectivity index (χ0) is 20.4. The van der Waals surface area contributed by atoms with Crippen LogP contribution in [-0.4, -0.2) is 65.2 Å². The minimum atomic E-state index is -1.46. The fourth-order valence-corrected chi connectivity index (χ4v) is 2.12. The molecule has 150 valence electrons. The molecule has 10 nitrogen and oxygen atoms in total. The lowest BCUT2D eigenvalue weighted by atomic mass is 10.0. The Morgan fingerprint density at radius 2 is 1.58 bits per heavy atom. The lowest BCUT2D eigenvalue weighted by Gasteiger charge is -2.23. The SMILES string of the molecule is CC(C)CC(N)C(=O)NCC(=O)NC(C(=O)NC(CO)C(=O)O)C(C)C. The maximum Gasteiger partial charge on any atom is 0.328 e. The van der Waals surface area contributed by atoms with Gasteiger partial charge in [0.1, 0.15) is 12.1 Å². The third-order valence-electron chi connectivity index (χ3n) is 3.55. The van der Waals surface area contributed by atoms with Gasteiger partial charge in [-0.2, -0.15) is 0 Å². The van der Waals surface area contributed by atoms with Crippen molar-refractivity contribution >= 4 is 23.7 Å². The molecule has 0 aliphatic rings. The summed E-state index contributed by atoms with van der Waals surface area (Å²) in [6.07, 6.45) is 0.474. The fourth-order valence-electron chi connectivity index (χ4n) is 2.12. The number of nitrogens with two attached hydrogens (primary N) is 1. The highest BCUT2D eigenvalue weighted by Gasteiger charge is 2.28. The van der Waals surface area contributed by atoms with Gasteiger partial charge in [-0.25, -0.2) is 4.79 Å². The summed E-state index contributed by atoms with van der Waals surface area (Å²) in [5, 5.41) is 24.8. The van der Waals surface area contributed by atoms with E-state index in [9.17, 15) is 19.2 Å². The Balaban J connectivity index is 4.66. The average molecular weight is 374 g/mol. The summed E-state index contributed by atoms with van der Waals surface area (Å²) in [5.41, 5.74) is 5.71. The summed E-state index contributed by atoms with van der Waals surface area (Å²) in [5.74, 6) is -3.32. The minimum absolute atomic E-state index is 0.229. The molecule has 3 atom stereocenters. The van der Waals surface area contributed by atoms with Gasteiger partial charge in [0.05, 0.1) is 19.2 Å². The van der Waals surface area contributed by atoms with Crippen LogP contribution in [0.2, 0.25) is 0 Å². The monoisotopic (exact) mass is 374 g/mol. The maximum absolute atomic E-state index is 12.2. The highest BCUT2D eigenvalue weighted by molar-refractivity contribution is 5.92. The van der Waals surface area contributed by atoms with Gasteiger partial charge in [-0.1, -0.05) is 27.7 Å². The first-order chi connectivity index (χ1) is 12.0. The van der Waals surface area contributed by atoms with Crippen LogP contribution in [0.4, 0.5) is 0 Å². The van der Waals surface area contributed by atoms with Gasteiger partial charge in [-0.05, 0) is 18.3 Å². The molecule has 3 unspecified atom stereocenters. The summed E-state index contributed by atoms with van der Waals surface area (Å²) in [6, 6.07) is -3.21. The van der Waals surface area contributed by atoms with E-state index < -0.39 is 48.4 Å². The number of carboxylic acids is 1. The number of carbonyl (C=O) groups excluding carboxylic acids is 3. The second-order valence-electron chi connectivity index (χ2n) is 6.83. The largest absolute Gasteiger partial charge is 0.480 e. The molecule has 0 aromatic carbocycles. The predicted molar refractivity (Wildman–Crippen MR) is 93.9 cm³/mol. The van der Waals surface area contributed by atoms with E-state index in [-0.39, 0.29) is 18.4 Å². The highest BCUT2D eigenvalue weighted by atomic mass is 16.4. The van der Waals surface area contributed by atoms with E-state index in [0.29, 0.717) is 6.42 Å².